The average Bonchev–Trinajstić information content (AvgIpc) is 2.97. The summed E-state index contributed by atoms with van der Waals surface area (Å²) in [6.07, 6.45) is 7.26. The van der Waals surface area contributed by atoms with Crippen molar-refractivity contribution in [3.8, 4) is 0 Å². The monoisotopic (exact) mass is 292 g/mol. The Morgan fingerprint density at radius 3 is 2.48 bits per heavy atom. The van der Waals surface area contributed by atoms with Gasteiger partial charge in [-0.15, -0.1) is 0 Å². The van der Waals surface area contributed by atoms with Gasteiger partial charge in [0.15, 0.2) is 0 Å². The van der Waals surface area contributed by atoms with E-state index in [0.717, 1.165) is 18.8 Å². The van der Waals surface area contributed by atoms with Crippen molar-refractivity contribution in [2.45, 2.75) is 65.5 Å². The summed E-state index contributed by atoms with van der Waals surface area (Å²) in [7, 11) is 2.24. The first kappa shape index (κ1) is 16.6. The molecule has 0 saturated heterocycles. The maximum absolute atomic E-state index is 5.41. The van der Waals surface area contributed by atoms with Crippen LogP contribution in [0.5, 0.6) is 0 Å². The van der Waals surface area contributed by atoms with Crippen LogP contribution in [0.15, 0.2) is 16.7 Å². The number of nitrogens with zero attached hydrogens (tertiary/aromatic N) is 1. The Kier molecular flexibility index (Phi) is 5.15. The van der Waals surface area contributed by atoms with Crippen LogP contribution in [-0.2, 0) is 6.54 Å². The Morgan fingerprint density at radius 1 is 1.29 bits per heavy atom. The van der Waals surface area contributed by atoms with Crippen molar-refractivity contribution in [2.75, 3.05) is 20.1 Å². The lowest BCUT2D eigenvalue weighted by atomic mass is 9.84. The molecule has 120 valence electrons. The van der Waals surface area contributed by atoms with E-state index in [4.69, 9.17) is 4.42 Å². The van der Waals surface area contributed by atoms with Crippen LogP contribution in [-0.4, -0.2) is 30.6 Å². The summed E-state index contributed by atoms with van der Waals surface area (Å²) < 4.78 is 5.41. The van der Waals surface area contributed by atoms with E-state index in [-0.39, 0.29) is 5.54 Å². The third-order valence-corrected chi connectivity index (χ3v) is 4.67. The van der Waals surface area contributed by atoms with E-state index in [9.17, 15) is 0 Å². The molecule has 1 aromatic rings. The summed E-state index contributed by atoms with van der Waals surface area (Å²) in [5, 5.41) is 3.74. The summed E-state index contributed by atoms with van der Waals surface area (Å²) >= 11 is 0. The minimum Gasteiger partial charge on any atom is -0.469 e. The van der Waals surface area contributed by atoms with Gasteiger partial charge in [0, 0.05) is 30.7 Å². The van der Waals surface area contributed by atoms with Crippen LogP contribution >= 0.6 is 0 Å². The summed E-state index contributed by atoms with van der Waals surface area (Å²) in [5.74, 6) is 1.05. The third kappa shape index (κ3) is 4.86. The van der Waals surface area contributed by atoms with Gasteiger partial charge in [-0.25, -0.2) is 0 Å². The number of hydrogen-bond donors (Lipinski definition) is 1. The molecule has 0 radical (unpaired) electrons. The van der Waals surface area contributed by atoms with Gasteiger partial charge in [0.2, 0.25) is 0 Å². The van der Waals surface area contributed by atoms with Crippen molar-refractivity contribution in [1.29, 1.82) is 0 Å². The van der Waals surface area contributed by atoms with E-state index >= 15 is 0 Å². The largest absolute Gasteiger partial charge is 0.469 e. The van der Waals surface area contributed by atoms with Gasteiger partial charge >= 0.3 is 0 Å². The number of hydrogen-bond acceptors (Lipinski definition) is 3. The van der Waals surface area contributed by atoms with Crippen molar-refractivity contribution in [3.05, 3.63) is 23.7 Å². The predicted molar refractivity (Wildman–Crippen MR) is 88.4 cm³/mol. The Bertz CT molecular complexity index is 438. The summed E-state index contributed by atoms with van der Waals surface area (Å²) in [6.45, 7) is 12.1. The second-order valence-corrected chi connectivity index (χ2v) is 7.98. The fourth-order valence-corrected chi connectivity index (χ4v) is 3.46. The van der Waals surface area contributed by atoms with Crippen molar-refractivity contribution in [3.63, 3.8) is 0 Å². The van der Waals surface area contributed by atoms with Crippen molar-refractivity contribution in [1.82, 2.24) is 10.2 Å². The molecule has 3 nitrogen and oxygen atoms in total. The van der Waals surface area contributed by atoms with Crippen molar-refractivity contribution in [2.24, 2.45) is 5.41 Å². The topological polar surface area (TPSA) is 28.4 Å². The molecule has 0 bridgehead atoms. The standard InChI is InChI=1S/C18H32N2O/c1-15-16(8-11-21-15)12-20(5)14-18(9-6-7-10-18)13-19-17(2,3)4/h8,11,19H,6-7,9-10,12-14H2,1-5H3. The minimum absolute atomic E-state index is 0.204. The number of rotatable bonds is 6. The molecule has 2 rings (SSSR count). The van der Waals surface area contributed by atoms with E-state index in [0.29, 0.717) is 5.41 Å². The predicted octanol–water partition coefficient (Wildman–Crippen LogP) is 3.97. The molecule has 1 aliphatic carbocycles. The van der Waals surface area contributed by atoms with Gasteiger partial charge in [-0.1, -0.05) is 12.8 Å². The normalized spacial score (nSPS) is 18.6. The van der Waals surface area contributed by atoms with Crippen LogP contribution in [0.1, 0.15) is 57.8 Å². The molecule has 0 atom stereocenters. The molecule has 0 spiro atoms. The lowest BCUT2D eigenvalue weighted by molar-refractivity contribution is 0.156. The quantitative estimate of drug-likeness (QED) is 0.860. The molecular weight excluding hydrogens is 260 g/mol. The minimum atomic E-state index is 0.204. The zero-order chi connectivity index (χ0) is 15.5. The third-order valence-electron chi connectivity index (χ3n) is 4.67. The molecule has 0 aliphatic heterocycles. The summed E-state index contributed by atoms with van der Waals surface area (Å²) in [6, 6.07) is 2.10. The number of aryl methyl sites for hydroxylation is 1. The van der Waals surface area contributed by atoms with Gasteiger partial charge in [0.1, 0.15) is 5.76 Å². The maximum atomic E-state index is 5.41. The van der Waals surface area contributed by atoms with Crippen LogP contribution in [0.4, 0.5) is 0 Å². The summed E-state index contributed by atoms with van der Waals surface area (Å²) in [4.78, 5) is 2.47. The van der Waals surface area contributed by atoms with Gasteiger partial charge in [-0.05, 0) is 59.1 Å². The smallest absolute Gasteiger partial charge is 0.105 e. The van der Waals surface area contributed by atoms with E-state index < -0.39 is 0 Å². The molecule has 3 heteroatoms. The first-order valence-corrected chi connectivity index (χ1v) is 8.26. The molecule has 0 aromatic carbocycles. The molecule has 1 heterocycles. The molecule has 1 saturated carbocycles. The molecule has 0 unspecified atom stereocenters. The Morgan fingerprint density at radius 2 is 1.95 bits per heavy atom. The maximum Gasteiger partial charge on any atom is 0.105 e. The van der Waals surface area contributed by atoms with Crippen LogP contribution in [0, 0.1) is 12.3 Å². The highest BCUT2D eigenvalue weighted by Gasteiger charge is 2.35. The van der Waals surface area contributed by atoms with Crippen LogP contribution in [0.3, 0.4) is 0 Å². The molecular formula is C18H32N2O. The van der Waals surface area contributed by atoms with Crippen LogP contribution in [0.2, 0.25) is 0 Å². The zero-order valence-corrected chi connectivity index (χ0v) is 14.5. The van der Waals surface area contributed by atoms with E-state index in [2.05, 4.69) is 51.0 Å². The number of furan rings is 1. The first-order chi connectivity index (χ1) is 9.80. The SMILES string of the molecule is Cc1occc1CN(C)CC1(CNC(C)(C)C)CCCC1. The van der Waals surface area contributed by atoms with Crippen LogP contribution in [0.25, 0.3) is 0 Å². The van der Waals surface area contributed by atoms with E-state index in [1.165, 1.54) is 37.8 Å². The highest BCUT2D eigenvalue weighted by Crippen LogP contribution is 2.38. The number of nitrogens with one attached hydrogen (secondary N) is 1. The van der Waals surface area contributed by atoms with Gasteiger partial charge in [0.05, 0.1) is 6.26 Å². The van der Waals surface area contributed by atoms with Gasteiger partial charge < -0.3 is 14.6 Å². The van der Waals surface area contributed by atoms with Crippen molar-refractivity contribution < 1.29 is 4.42 Å². The Balaban J connectivity index is 1.94. The van der Waals surface area contributed by atoms with E-state index in [1.807, 2.05) is 0 Å². The average molecular weight is 292 g/mol. The highest BCUT2D eigenvalue weighted by molar-refractivity contribution is 5.15. The van der Waals surface area contributed by atoms with Gasteiger partial charge in [-0.2, -0.15) is 0 Å². The molecule has 21 heavy (non-hydrogen) atoms. The van der Waals surface area contributed by atoms with Gasteiger partial charge in [0.25, 0.3) is 0 Å². The molecule has 1 aromatic heterocycles. The molecule has 1 aliphatic rings. The highest BCUT2D eigenvalue weighted by atomic mass is 16.3. The molecule has 1 fully saturated rings. The fourth-order valence-electron chi connectivity index (χ4n) is 3.46. The summed E-state index contributed by atoms with van der Waals surface area (Å²) in [5.41, 5.74) is 1.96. The lowest BCUT2D eigenvalue weighted by Gasteiger charge is -2.36. The first-order valence-electron chi connectivity index (χ1n) is 8.26. The zero-order valence-electron chi connectivity index (χ0n) is 14.5. The Hall–Kier alpha value is -0.800. The molecule has 1 N–H and O–H groups in total. The Labute approximate surface area is 130 Å². The fraction of sp³-hybridized carbons (Fsp3) is 0.778. The van der Waals surface area contributed by atoms with E-state index in [1.54, 1.807) is 6.26 Å². The lowest BCUT2D eigenvalue weighted by Crippen LogP contribution is -2.47. The van der Waals surface area contributed by atoms with Crippen molar-refractivity contribution >= 4 is 0 Å². The van der Waals surface area contributed by atoms with Gasteiger partial charge in [-0.3, -0.25) is 0 Å². The molecule has 0 amide bonds. The second kappa shape index (κ2) is 6.53. The second-order valence-electron chi connectivity index (χ2n) is 7.98. The van der Waals surface area contributed by atoms with Crippen LogP contribution < -0.4 is 5.32 Å².